The van der Waals surface area contributed by atoms with E-state index in [9.17, 15) is 4.79 Å². The lowest BCUT2D eigenvalue weighted by molar-refractivity contribution is 0.109. The Morgan fingerprint density at radius 2 is 2.00 bits per heavy atom. The van der Waals surface area contributed by atoms with Gasteiger partial charge in [0, 0.05) is 12.6 Å². The number of fused-ring (bicyclic) bond motifs is 1. The van der Waals surface area contributed by atoms with Crippen LogP contribution in [0, 0.1) is 17.8 Å². The van der Waals surface area contributed by atoms with E-state index in [1.165, 1.54) is 38.4 Å². The summed E-state index contributed by atoms with van der Waals surface area (Å²) < 4.78 is 10.5. The second-order valence-corrected chi connectivity index (χ2v) is 8.67. The molecule has 5 heteroatoms. The summed E-state index contributed by atoms with van der Waals surface area (Å²) in [7, 11) is 1.39. The zero-order valence-corrected chi connectivity index (χ0v) is 17.9. The molecule has 5 nitrogen and oxygen atoms in total. The lowest BCUT2D eigenvalue weighted by atomic mass is 9.65. The average Bonchev–Trinajstić information content (AvgIpc) is 2.74. The van der Waals surface area contributed by atoms with E-state index in [0.717, 1.165) is 25.9 Å². The molecule has 2 aliphatic carbocycles. The smallest absolute Gasteiger partial charge is 0.421 e. The largest absolute Gasteiger partial charge is 0.452 e. The summed E-state index contributed by atoms with van der Waals surface area (Å²) in [6.07, 6.45) is 10.2. The number of nitrogens with one attached hydrogen (secondary N) is 2. The highest BCUT2D eigenvalue weighted by Gasteiger charge is 2.37. The number of hydrogen-bond donors (Lipinski definition) is 2. The van der Waals surface area contributed by atoms with E-state index in [1.54, 1.807) is 5.57 Å². The molecule has 0 saturated heterocycles. The van der Waals surface area contributed by atoms with Crippen LogP contribution in [0.5, 0.6) is 0 Å². The van der Waals surface area contributed by atoms with Gasteiger partial charge in [-0.05, 0) is 68.3 Å². The Morgan fingerprint density at radius 1 is 1.17 bits per heavy atom. The Labute approximate surface area is 175 Å². The number of carbonyl (C=O) groups excluding carboxylic acids is 1. The van der Waals surface area contributed by atoms with Crippen molar-refractivity contribution in [1.82, 2.24) is 10.9 Å². The van der Waals surface area contributed by atoms with E-state index >= 15 is 0 Å². The molecule has 0 aromatic heterocycles. The fourth-order valence-corrected chi connectivity index (χ4v) is 4.93. The van der Waals surface area contributed by atoms with Crippen molar-refractivity contribution in [2.24, 2.45) is 17.8 Å². The van der Waals surface area contributed by atoms with Gasteiger partial charge in [0.15, 0.2) is 0 Å². The third-order valence-electron chi connectivity index (χ3n) is 6.38. The summed E-state index contributed by atoms with van der Waals surface area (Å²) in [5.74, 6) is 1.99. The van der Waals surface area contributed by atoms with Crippen molar-refractivity contribution in [3.8, 4) is 0 Å². The SMILES string of the molecule is COC(=O)NN[C@H]1C[C@H](C)C[C@H]2CC(CCCCOCc3ccccc3)=CC[C@H]21. The van der Waals surface area contributed by atoms with Gasteiger partial charge < -0.3 is 9.47 Å². The topological polar surface area (TPSA) is 59.6 Å². The van der Waals surface area contributed by atoms with E-state index < -0.39 is 6.09 Å². The molecule has 1 aromatic carbocycles. The fraction of sp³-hybridized carbons (Fsp3) is 0.625. The van der Waals surface area contributed by atoms with Crippen LogP contribution in [0.3, 0.4) is 0 Å². The van der Waals surface area contributed by atoms with Gasteiger partial charge in [0.05, 0.1) is 13.7 Å². The second kappa shape index (κ2) is 11.4. The van der Waals surface area contributed by atoms with Crippen LogP contribution in [0.1, 0.15) is 57.4 Å². The normalized spacial score (nSPS) is 26.3. The summed E-state index contributed by atoms with van der Waals surface area (Å²) in [6.45, 7) is 3.86. The molecule has 1 amide bonds. The van der Waals surface area contributed by atoms with E-state index in [1.807, 2.05) is 6.07 Å². The molecule has 4 atom stereocenters. The number of carbonyl (C=O) groups is 1. The van der Waals surface area contributed by atoms with Crippen LogP contribution >= 0.6 is 0 Å². The molecule has 29 heavy (non-hydrogen) atoms. The van der Waals surface area contributed by atoms with Crippen molar-refractivity contribution in [3.63, 3.8) is 0 Å². The van der Waals surface area contributed by atoms with Gasteiger partial charge in [-0.1, -0.05) is 48.9 Å². The van der Waals surface area contributed by atoms with Crippen LogP contribution in [-0.4, -0.2) is 25.9 Å². The van der Waals surface area contributed by atoms with Gasteiger partial charge in [0.1, 0.15) is 0 Å². The summed E-state index contributed by atoms with van der Waals surface area (Å²) in [5.41, 5.74) is 8.77. The Kier molecular flexibility index (Phi) is 8.56. The fourth-order valence-electron chi connectivity index (χ4n) is 4.93. The molecule has 1 fully saturated rings. The molecular weight excluding hydrogens is 364 g/mol. The van der Waals surface area contributed by atoms with Gasteiger partial charge in [-0.15, -0.1) is 0 Å². The third kappa shape index (κ3) is 6.86. The Bertz CT molecular complexity index is 661. The van der Waals surface area contributed by atoms with E-state index in [4.69, 9.17) is 4.74 Å². The quantitative estimate of drug-likeness (QED) is 0.348. The van der Waals surface area contributed by atoms with Crippen LogP contribution in [0.4, 0.5) is 4.79 Å². The number of hydrogen-bond acceptors (Lipinski definition) is 4. The molecule has 2 aliphatic rings. The van der Waals surface area contributed by atoms with E-state index in [0.29, 0.717) is 30.4 Å². The van der Waals surface area contributed by atoms with Crippen LogP contribution in [0.2, 0.25) is 0 Å². The Balaban J connectivity index is 1.37. The van der Waals surface area contributed by atoms with Gasteiger partial charge in [0.2, 0.25) is 0 Å². The minimum atomic E-state index is -0.415. The summed E-state index contributed by atoms with van der Waals surface area (Å²) in [5, 5.41) is 0. The van der Waals surface area contributed by atoms with Gasteiger partial charge in [-0.2, -0.15) is 0 Å². The van der Waals surface area contributed by atoms with Crippen molar-refractivity contribution in [1.29, 1.82) is 0 Å². The van der Waals surface area contributed by atoms with Gasteiger partial charge in [-0.25, -0.2) is 10.2 Å². The molecule has 0 heterocycles. The van der Waals surface area contributed by atoms with Crippen molar-refractivity contribution >= 4 is 6.09 Å². The minimum Gasteiger partial charge on any atom is -0.452 e. The minimum absolute atomic E-state index is 0.326. The van der Waals surface area contributed by atoms with Crippen LogP contribution in [-0.2, 0) is 16.1 Å². The molecule has 3 rings (SSSR count). The number of rotatable bonds is 9. The first-order valence-corrected chi connectivity index (χ1v) is 11.0. The lowest BCUT2D eigenvalue weighted by Crippen LogP contribution is -2.52. The third-order valence-corrected chi connectivity index (χ3v) is 6.38. The number of amides is 1. The highest BCUT2D eigenvalue weighted by Crippen LogP contribution is 2.43. The lowest BCUT2D eigenvalue weighted by Gasteiger charge is -2.43. The maximum Gasteiger partial charge on any atom is 0.421 e. The molecule has 0 unspecified atom stereocenters. The zero-order chi connectivity index (χ0) is 20.5. The Morgan fingerprint density at radius 3 is 2.79 bits per heavy atom. The summed E-state index contributed by atoms with van der Waals surface area (Å²) >= 11 is 0. The van der Waals surface area contributed by atoms with Crippen molar-refractivity contribution in [2.75, 3.05) is 13.7 Å². The van der Waals surface area contributed by atoms with E-state index in [2.05, 4.69) is 52.9 Å². The van der Waals surface area contributed by atoms with Crippen molar-refractivity contribution < 1.29 is 14.3 Å². The molecule has 160 valence electrons. The van der Waals surface area contributed by atoms with Crippen LogP contribution in [0.25, 0.3) is 0 Å². The number of ether oxygens (including phenoxy) is 2. The van der Waals surface area contributed by atoms with Crippen molar-refractivity contribution in [3.05, 3.63) is 47.5 Å². The molecule has 1 aromatic rings. The maximum absolute atomic E-state index is 11.4. The summed E-state index contributed by atoms with van der Waals surface area (Å²) in [4.78, 5) is 11.4. The average molecular weight is 401 g/mol. The number of methoxy groups -OCH3 is 1. The molecule has 0 radical (unpaired) electrons. The van der Waals surface area contributed by atoms with Gasteiger partial charge >= 0.3 is 6.09 Å². The first-order chi connectivity index (χ1) is 14.2. The van der Waals surface area contributed by atoms with Crippen molar-refractivity contribution in [2.45, 2.75) is 64.5 Å². The zero-order valence-electron chi connectivity index (χ0n) is 17.9. The highest BCUT2D eigenvalue weighted by molar-refractivity contribution is 5.66. The standard InChI is InChI=1S/C24H36N2O3/c1-18-14-21-16-19(8-6-7-13-29-17-20-9-4-3-5-10-20)11-12-22(21)23(15-18)25-26-24(27)28-2/h3-5,9-11,18,21-23,25H,6-8,12-17H2,1-2H3,(H,26,27)/t18-,21+,22-,23+/m1/s1. The molecule has 0 spiro atoms. The predicted molar refractivity (Wildman–Crippen MR) is 115 cm³/mol. The summed E-state index contributed by atoms with van der Waals surface area (Å²) in [6, 6.07) is 10.7. The highest BCUT2D eigenvalue weighted by atomic mass is 16.5. The number of allylic oxidation sites excluding steroid dienone is 2. The first kappa shape index (κ1) is 21.8. The molecule has 0 aliphatic heterocycles. The number of hydrazine groups is 1. The second-order valence-electron chi connectivity index (χ2n) is 8.67. The molecule has 1 saturated carbocycles. The number of benzene rings is 1. The maximum atomic E-state index is 11.4. The predicted octanol–water partition coefficient (Wildman–Crippen LogP) is 4.99. The Hall–Kier alpha value is -1.85. The number of unbranched alkanes of at least 4 members (excludes halogenated alkanes) is 1. The molecule has 2 N–H and O–H groups in total. The molecular formula is C24H36N2O3. The van der Waals surface area contributed by atoms with E-state index in [-0.39, 0.29) is 0 Å². The monoisotopic (exact) mass is 400 g/mol. The molecule has 0 bridgehead atoms. The van der Waals surface area contributed by atoms with Crippen LogP contribution < -0.4 is 10.9 Å². The van der Waals surface area contributed by atoms with Crippen LogP contribution in [0.15, 0.2) is 42.0 Å². The van der Waals surface area contributed by atoms with Gasteiger partial charge in [0.25, 0.3) is 0 Å². The van der Waals surface area contributed by atoms with Gasteiger partial charge in [-0.3, -0.25) is 5.43 Å². The first-order valence-electron chi connectivity index (χ1n) is 11.0.